The van der Waals surface area contributed by atoms with Gasteiger partial charge in [-0.25, -0.2) is 4.39 Å². The molecule has 0 radical (unpaired) electrons. The average molecular weight is 253 g/mol. The summed E-state index contributed by atoms with van der Waals surface area (Å²) in [5, 5.41) is 12.9. The Labute approximate surface area is 107 Å². The van der Waals surface area contributed by atoms with Gasteiger partial charge in [0.15, 0.2) is 0 Å². The normalized spacial score (nSPS) is 15.8. The molecule has 0 unspecified atom stereocenters. The Morgan fingerprint density at radius 1 is 1.39 bits per heavy atom. The maximum Gasteiger partial charge on any atom is 0.127 e. The summed E-state index contributed by atoms with van der Waals surface area (Å²) in [6.07, 6.45) is 2.41. The number of rotatable bonds is 6. The van der Waals surface area contributed by atoms with Crippen LogP contribution >= 0.6 is 0 Å². The van der Waals surface area contributed by atoms with Gasteiger partial charge in [0.2, 0.25) is 0 Å². The second-order valence-corrected chi connectivity index (χ2v) is 5.55. The van der Waals surface area contributed by atoms with Gasteiger partial charge >= 0.3 is 0 Å². The number of nitrogens with one attached hydrogen (secondary N) is 1. The van der Waals surface area contributed by atoms with Crippen molar-refractivity contribution in [3.05, 3.63) is 29.6 Å². The van der Waals surface area contributed by atoms with Gasteiger partial charge in [0.1, 0.15) is 18.2 Å². The van der Waals surface area contributed by atoms with Crippen molar-refractivity contribution >= 4 is 0 Å². The lowest BCUT2D eigenvalue weighted by Gasteiger charge is -2.18. The molecule has 3 nitrogen and oxygen atoms in total. The fraction of sp³-hybridized carbons (Fsp3) is 0.571. The summed E-state index contributed by atoms with van der Waals surface area (Å²) >= 11 is 0. The van der Waals surface area contributed by atoms with Gasteiger partial charge in [0.05, 0.1) is 5.60 Å². The second-order valence-electron chi connectivity index (χ2n) is 5.55. The van der Waals surface area contributed by atoms with Gasteiger partial charge < -0.3 is 15.2 Å². The van der Waals surface area contributed by atoms with E-state index in [4.69, 9.17) is 4.74 Å². The first kappa shape index (κ1) is 13.3. The van der Waals surface area contributed by atoms with Crippen LogP contribution in [0.2, 0.25) is 0 Å². The van der Waals surface area contributed by atoms with Crippen molar-refractivity contribution in [3.8, 4) is 5.75 Å². The van der Waals surface area contributed by atoms with E-state index in [0.29, 0.717) is 18.3 Å². The number of aliphatic hydroxyl groups is 1. The summed E-state index contributed by atoms with van der Waals surface area (Å²) in [4.78, 5) is 0. The van der Waals surface area contributed by atoms with Crippen molar-refractivity contribution in [2.45, 2.75) is 44.9 Å². The Bertz CT molecular complexity index is 411. The first-order valence-corrected chi connectivity index (χ1v) is 6.30. The van der Waals surface area contributed by atoms with Crippen LogP contribution in [-0.4, -0.2) is 23.4 Å². The first-order valence-electron chi connectivity index (χ1n) is 6.30. The lowest BCUT2D eigenvalue weighted by Crippen LogP contribution is -2.28. The molecule has 18 heavy (non-hydrogen) atoms. The smallest absolute Gasteiger partial charge is 0.127 e. The van der Waals surface area contributed by atoms with Crippen LogP contribution in [0.3, 0.4) is 0 Å². The van der Waals surface area contributed by atoms with E-state index >= 15 is 0 Å². The second kappa shape index (κ2) is 5.24. The van der Waals surface area contributed by atoms with Crippen molar-refractivity contribution in [1.29, 1.82) is 0 Å². The highest BCUT2D eigenvalue weighted by Crippen LogP contribution is 2.21. The predicted molar refractivity (Wildman–Crippen MR) is 68.1 cm³/mol. The number of hydrogen-bond acceptors (Lipinski definition) is 3. The Balaban J connectivity index is 1.96. The van der Waals surface area contributed by atoms with Crippen LogP contribution in [-0.2, 0) is 6.54 Å². The molecule has 1 aromatic carbocycles. The Morgan fingerprint density at radius 3 is 2.72 bits per heavy atom. The Kier molecular flexibility index (Phi) is 3.88. The highest BCUT2D eigenvalue weighted by molar-refractivity contribution is 5.29. The molecule has 0 atom stereocenters. The summed E-state index contributed by atoms with van der Waals surface area (Å²) in [7, 11) is 0. The minimum atomic E-state index is -0.918. The Hall–Kier alpha value is -1.13. The van der Waals surface area contributed by atoms with Crippen molar-refractivity contribution in [1.82, 2.24) is 5.32 Å². The number of ether oxygens (including phenoxy) is 1. The molecule has 0 amide bonds. The van der Waals surface area contributed by atoms with E-state index in [1.165, 1.54) is 25.0 Å². The predicted octanol–water partition coefficient (Wildman–Crippen LogP) is 2.23. The van der Waals surface area contributed by atoms with Crippen LogP contribution < -0.4 is 10.1 Å². The van der Waals surface area contributed by atoms with Crippen LogP contribution in [0.1, 0.15) is 32.3 Å². The average Bonchev–Trinajstić information content (AvgIpc) is 3.06. The van der Waals surface area contributed by atoms with Crippen molar-refractivity contribution in [2.75, 3.05) is 6.61 Å². The van der Waals surface area contributed by atoms with Gasteiger partial charge in [-0.05, 0) is 44.4 Å². The molecule has 1 aliphatic rings. The maximum atomic E-state index is 13.4. The third-order valence-electron chi connectivity index (χ3n) is 2.70. The van der Waals surface area contributed by atoms with Gasteiger partial charge in [-0.2, -0.15) is 0 Å². The minimum Gasteiger partial charge on any atom is -0.491 e. The zero-order valence-corrected chi connectivity index (χ0v) is 10.9. The molecule has 0 spiro atoms. The van der Waals surface area contributed by atoms with Gasteiger partial charge in [0.25, 0.3) is 0 Å². The van der Waals surface area contributed by atoms with Crippen molar-refractivity contribution in [3.63, 3.8) is 0 Å². The largest absolute Gasteiger partial charge is 0.491 e. The lowest BCUT2D eigenvalue weighted by atomic mass is 10.1. The summed E-state index contributed by atoms with van der Waals surface area (Å²) in [6.45, 7) is 4.11. The highest BCUT2D eigenvalue weighted by atomic mass is 19.1. The maximum absolute atomic E-state index is 13.4. The summed E-state index contributed by atoms with van der Waals surface area (Å²) in [5.74, 6) is 0.153. The van der Waals surface area contributed by atoms with Crippen LogP contribution in [0.15, 0.2) is 18.2 Å². The van der Waals surface area contributed by atoms with E-state index in [1.807, 2.05) is 6.07 Å². The molecular formula is C14H20FNO2. The van der Waals surface area contributed by atoms with E-state index in [-0.39, 0.29) is 12.4 Å². The third-order valence-corrected chi connectivity index (χ3v) is 2.70. The fourth-order valence-corrected chi connectivity index (χ4v) is 1.62. The standard InChI is InChI=1S/C14H20FNO2/c1-14(2,17)9-18-13-6-10(5-11(15)7-13)8-16-12-3-4-12/h5-7,12,16-17H,3-4,8-9H2,1-2H3. The first-order chi connectivity index (χ1) is 8.42. The molecule has 1 fully saturated rings. The zero-order chi connectivity index (χ0) is 13.2. The van der Waals surface area contributed by atoms with E-state index in [9.17, 15) is 9.50 Å². The molecule has 4 heteroatoms. The molecular weight excluding hydrogens is 233 g/mol. The SMILES string of the molecule is CC(C)(O)COc1cc(F)cc(CNC2CC2)c1. The molecule has 0 aromatic heterocycles. The lowest BCUT2D eigenvalue weighted by molar-refractivity contribution is 0.0283. The van der Waals surface area contributed by atoms with Gasteiger partial charge in [-0.3, -0.25) is 0 Å². The summed E-state index contributed by atoms with van der Waals surface area (Å²) in [5.41, 5.74) is -0.0497. The van der Waals surface area contributed by atoms with E-state index in [2.05, 4.69) is 5.32 Å². The highest BCUT2D eigenvalue weighted by Gasteiger charge is 2.20. The van der Waals surface area contributed by atoms with Gasteiger partial charge in [0, 0.05) is 18.7 Å². The molecule has 1 aliphatic carbocycles. The number of benzene rings is 1. The monoisotopic (exact) mass is 253 g/mol. The van der Waals surface area contributed by atoms with Crippen LogP contribution in [0.5, 0.6) is 5.75 Å². The molecule has 100 valence electrons. The molecule has 0 saturated heterocycles. The molecule has 0 bridgehead atoms. The summed E-state index contributed by atoms with van der Waals surface area (Å²) < 4.78 is 18.8. The van der Waals surface area contributed by atoms with E-state index in [1.54, 1.807) is 13.8 Å². The van der Waals surface area contributed by atoms with Crippen molar-refractivity contribution in [2.24, 2.45) is 0 Å². The Morgan fingerprint density at radius 2 is 2.11 bits per heavy atom. The van der Waals surface area contributed by atoms with Crippen LogP contribution in [0.4, 0.5) is 4.39 Å². The number of hydrogen-bond donors (Lipinski definition) is 2. The fourth-order valence-electron chi connectivity index (χ4n) is 1.62. The van der Waals surface area contributed by atoms with Gasteiger partial charge in [-0.15, -0.1) is 0 Å². The molecule has 1 saturated carbocycles. The zero-order valence-electron chi connectivity index (χ0n) is 10.9. The molecule has 1 aromatic rings. The molecule has 2 N–H and O–H groups in total. The van der Waals surface area contributed by atoms with Crippen molar-refractivity contribution < 1.29 is 14.2 Å². The van der Waals surface area contributed by atoms with Crippen LogP contribution in [0.25, 0.3) is 0 Å². The van der Waals surface area contributed by atoms with Gasteiger partial charge in [-0.1, -0.05) is 0 Å². The van der Waals surface area contributed by atoms with E-state index in [0.717, 1.165) is 5.56 Å². The minimum absolute atomic E-state index is 0.145. The molecule has 2 rings (SSSR count). The topological polar surface area (TPSA) is 41.5 Å². The van der Waals surface area contributed by atoms with E-state index < -0.39 is 5.60 Å². The van der Waals surface area contributed by atoms with Crippen LogP contribution in [0, 0.1) is 5.82 Å². The molecule has 0 heterocycles. The molecule has 0 aliphatic heterocycles. The number of halogens is 1. The summed E-state index contributed by atoms with van der Waals surface area (Å²) in [6, 6.07) is 5.25. The third kappa shape index (κ3) is 4.63. The quantitative estimate of drug-likeness (QED) is 0.817.